The van der Waals surface area contributed by atoms with Gasteiger partial charge in [0.1, 0.15) is 18.1 Å². The summed E-state index contributed by atoms with van der Waals surface area (Å²) in [4.78, 5) is 82.5. The topological polar surface area (TPSA) is 157 Å². The Labute approximate surface area is 281 Å². The number of likely N-dealkylation sites (N-methyl/N-ethyl adjacent to an activating group) is 1. The third-order valence-corrected chi connectivity index (χ3v) is 9.47. The second kappa shape index (κ2) is 15.3. The molecule has 1 heterocycles. The molecule has 0 spiro atoms. The normalized spacial score (nSPS) is 21.8. The number of piperidine rings is 1. The minimum atomic E-state index is -4.66. The van der Waals surface area contributed by atoms with Gasteiger partial charge in [0.25, 0.3) is 5.91 Å². The van der Waals surface area contributed by atoms with Gasteiger partial charge in [0, 0.05) is 32.6 Å². The number of carbonyl (C=O) groups is 6. The number of amides is 6. The molecule has 48 heavy (non-hydrogen) atoms. The SMILES string of the molecule is C=CCNC(=O)C(=O)[C@H](CCC(F)(F)F)NC(=O)[C@@H]1[C@@H]2[C@H](CN1C(=O)[C@@H](NC(=O)N[C@H](C(=O)N(C)C(C)C)C(C)C)C(C)(C)C)C2(C)C. The molecule has 15 heteroatoms. The minimum absolute atomic E-state index is 0.109. The van der Waals surface area contributed by atoms with Crippen LogP contribution in [0.3, 0.4) is 0 Å². The van der Waals surface area contributed by atoms with E-state index in [1.807, 2.05) is 27.7 Å². The molecule has 1 aliphatic carbocycles. The maximum Gasteiger partial charge on any atom is 0.389 e. The molecule has 0 radical (unpaired) electrons. The van der Waals surface area contributed by atoms with E-state index < -0.39 is 78.1 Å². The average Bonchev–Trinajstić information content (AvgIpc) is 3.27. The Hall–Kier alpha value is -3.65. The lowest BCUT2D eigenvalue weighted by Gasteiger charge is -2.38. The van der Waals surface area contributed by atoms with Gasteiger partial charge in [-0.05, 0) is 48.9 Å². The van der Waals surface area contributed by atoms with E-state index in [4.69, 9.17) is 0 Å². The van der Waals surface area contributed by atoms with Gasteiger partial charge in [0.05, 0.1) is 6.04 Å². The molecule has 6 atom stereocenters. The van der Waals surface area contributed by atoms with Crippen molar-refractivity contribution in [2.45, 2.75) is 112 Å². The van der Waals surface area contributed by atoms with Crippen LogP contribution in [-0.2, 0) is 24.0 Å². The molecule has 2 rings (SSSR count). The van der Waals surface area contributed by atoms with Gasteiger partial charge in [0.15, 0.2) is 0 Å². The zero-order valence-corrected chi connectivity index (χ0v) is 29.7. The third-order valence-electron chi connectivity index (χ3n) is 9.47. The molecular formula is C33H53F3N6O6. The number of nitrogens with zero attached hydrogens (tertiary/aromatic N) is 2. The van der Waals surface area contributed by atoms with Gasteiger partial charge in [-0.15, -0.1) is 6.58 Å². The van der Waals surface area contributed by atoms with Crippen molar-refractivity contribution >= 4 is 35.4 Å². The number of halogens is 3. The Bertz CT molecular complexity index is 1260. The summed E-state index contributed by atoms with van der Waals surface area (Å²) in [5, 5.41) is 9.96. The second-order valence-corrected chi connectivity index (χ2v) is 15.1. The van der Waals surface area contributed by atoms with Crippen molar-refractivity contribution in [1.29, 1.82) is 0 Å². The first-order chi connectivity index (χ1) is 21.9. The lowest BCUT2D eigenvalue weighted by molar-refractivity contribution is -0.148. The van der Waals surface area contributed by atoms with E-state index in [1.165, 1.54) is 15.9 Å². The fraction of sp³-hybridized carbons (Fsp3) is 0.758. The van der Waals surface area contributed by atoms with Gasteiger partial charge in [-0.1, -0.05) is 54.5 Å². The molecule has 0 aromatic rings. The predicted octanol–water partition coefficient (Wildman–Crippen LogP) is 2.77. The largest absolute Gasteiger partial charge is 0.389 e. The third kappa shape index (κ3) is 9.71. The zero-order chi connectivity index (χ0) is 37.1. The van der Waals surface area contributed by atoms with Crippen molar-refractivity contribution in [3.8, 4) is 0 Å². The van der Waals surface area contributed by atoms with Crippen LogP contribution in [-0.4, -0.2) is 102 Å². The Morgan fingerprint density at radius 1 is 1.00 bits per heavy atom. The smallest absolute Gasteiger partial charge is 0.346 e. The first kappa shape index (κ1) is 40.5. The summed E-state index contributed by atoms with van der Waals surface area (Å²) in [6, 6.07) is -5.91. The summed E-state index contributed by atoms with van der Waals surface area (Å²) in [5.74, 6) is -4.97. The first-order valence-corrected chi connectivity index (χ1v) is 16.3. The van der Waals surface area contributed by atoms with E-state index in [2.05, 4.69) is 27.8 Å². The average molecular weight is 687 g/mol. The van der Waals surface area contributed by atoms with Crippen molar-refractivity contribution in [3.05, 3.63) is 12.7 Å². The predicted molar refractivity (Wildman–Crippen MR) is 173 cm³/mol. The van der Waals surface area contributed by atoms with Crippen molar-refractivity contribution in [3.63, 3.8) is 0 Å². The van der Waals surface area contributed by atoms with Gasteiger partial charge < -0.3 is 31.1 Å². The zero-order valence-electron chi connectivity index (χ0n) is 29.7. The summed E-state index contributed by atoms with van der Waals surface area (Å²) in [7, 11) is 1.63. The summed E-state index contributed by atoms with van der Waals surface area (Å²) in [5.41, 5.74) is -1.26. The summed E-state index contributed by atoms with van der Waals surface area (Å²) in [6.07, 6.45) is -5.67. The Morgan fingerprint density at radius 3 is 2.06 bits per heavy atom. The number of Topliss-reactive ketones (excluding diaryl/α,β-unsaturated/α-hetero) is 1. The highest BCUT2D eigenvalue weighted by Crippen LogP contribution is 2.65. The maximum absolute atomic E-state index is 14.2. The van der Waals surface area contributed by atoms with Gasteiger partial charge in [-0.3, -0.25) is 24.0 Å². The summed E-state index contributed by atoms with van der Waals surface area (Å²) < 4.78 is 39.5. The number of hydrogen-bond acceptors (Lipinski definition) is 6. The van der Waals surface area contributed by atoms with Crippen molar-refractivity contribution in [2.75, 3.05) is 20.1 Å². The van der Waals surface area contributed by atoms with E-state index in [-0.39, 0.29) is 48.2 Å². The van der Waals surface area contributed by atoms with Crippen LogP contribution in [0.2, 0.25) is 0 Å². The number of ketones is 1. The minimum Gasteiger partial charge on any atom is -0.346 e. The Morgan fingerprint density at radius 2 is 1.58 bits per heavy atom. The first-order valence-electron chi connectivity index (χ1n) is 16.3. The van der Waals surface area contributed by atoms with E-state index in [0.717, 1.165) is 0 Å². The van der Waals surface area contributed by atoms with Crippen molar-refractivity contribution < 1.29 is 41.9 Å². The number of fused-ring (bicyclic) bond motifs is 1. The number of alkyl halides is 3. The molecule has 12 nitrogen and oxygen atoms in total. The van der Waals surface area contributed by atoms with E-state index in [9.17, 15) is 41.9 Å². The molecule has 6 amide bonds. The number of carbonyl (C=O) groups excluding carboxylic acids is 6. The molecule has 2 aliphatic rings. The number of urea groups is 1. The number of likely N-dealkylation sites (tertiary alicyclic amines) is 1. The fourth-order valence-electron chi connectivity index (χ4n) is 6.17. The van der Waals surface area contributed by atoms with Crippen LogP contribution in [0.5, 0.6) is 0 Å². The highest BCUT2D eigenvalue weighted by atomic mass is 19.4. The van der Waals surface area contributed by atoms with Crippen LogP contribution in [0.1, 0.15) is 75.2 Å². The van der Waals surface area contributed by atoms with Crippen LogP contribution in [0, 0.1) is 28.6 Å². The quantitative estimate of drug-likeness (QED) is 0.163. The maximum atomic E-state index is 14.2. The molecule has 1 saturated heterocycles. The molecule has 1 saturated carbocycles. The molecule has 0 unspecified atom stereocenters. The van der Waals surface area contributed by atoms with Crippen LogP contribution in [0.15, 0.2) is 12.7 Å². The van der Waals surface area contributed by atoms with E-state index in [1.54, 1.807) is 41.7 Å². The summed E-state index contributed by atoms with van der Waals surface area (Å²) in [6.45, 7) is 19.7. The standard InChI is InChI=1S/C33H53F3N6O6/c1-12-15-37-27(45)24(43)20(13-14-33(34,35)36)38-26(44)23-21-19(32(21,9)10)16-42(23)29(47)25(31(6,7)8)40-30(48)39-22(17(2)3)28(46)41(11)18(4)5/h12,17-23,25H,1,13-16H2,2-11H3,(H,37,45)(H,38,44)(H2,39,40,48)/t19-,20-,21-,22-,23-,25+/m0/s1. The lowest BCUT2D eigenvalue weighted by atomic mass is 9.85. The van der Waals surface area contributed by atoms with E-state index in [0.29, 0.717) is 0 Å². The molecular weight excluding hydrogens is 633 g/mol. The highest BCUT2D eigenvalue weighted by molar-refractivity contribution is 6.38. The Balaban J connectivity index is 2.37. The van der Waals surface area contributed by atoms with Gasteiger partial charge in [-0.25, -0.2) is 4.79 Å². The molecule has 272 valence electrons. The Kier molecular flexibility index (Phi) is 12.9. The van der Waals surface area contributed by atoms with Crippen LogP contribution < -0.4 is 21.3 Å². The monoisotopic (exact) mass is 686 g/mol. The van der Waals surface area contributed by atoms with Gasteiger partial charge >= 0.3 is 12.2 Å². The number of rotatable bonds is 14. The van der Waals surface area contributed by atoms with Crippen molar-refractivity contribution in [2.24, 2.45) is 28.6 Å². The molecule has 1 aliphatic heterocycles. The number of nitrogens with one attached hydrogen (secondary N) is 4. The van der Waals surface area contributed by atoms with Crippen molar-refractivity contribution in [1.82, 2.24) is 31.1 Å². The highest BCUT2D eigenvalue weighted by Gasteiger charge is 2.70. The molecule has 0 bridgehead atoms. The van der Waals surface area contributed by atoms with Gasteiger partial charge in [-0.2, -0.15) is 13.2 Å². The van der Waals surface area contributed by atoms with Crippen LogP contribution >= 0.6 is 0 Å². The van der Waals surface area contributed by atoms with E-state index >= 15 is 0 Å². The molecule has 0 aromatic carbocycles. The number of hydrogen-bond donors (Lipinski definition) is 4. The van der Waals surface area contributed by atoms with Gasteiger partial charge in [0.2, 0.25) is 23.5 Å². The molecule has 0 aromatic heterocycles. The van der Waals surface area contributed by atoms with Crippen LogP contribution in [0.25, 0.3) is 0 Å². The fourth-order valence-corrected chi connectivity index (χ4v) is 6.17. The molecule has 4 N–H and O–H groups in total. The second-order valence-electron chi connectivity index (χ2n) is 15.1. The molecule has 2 fully saturated rings. The van der Waals surface area contributed by atoms with Crippen LogP contribution in [0.4, 0.5) is 18.0 Å². The summed E-state index contributed by atoms with van der Waals surface area (Å²) >= 11 is 0. The lowest BCUT2D eigenvalue weighted by Crippen LogP contribution is -2.62.